The van der Waals surface area contributed by atoms with Crippen LogP contribution in [0, 0.1) is 55.4 Å². The van der Waals surface area contributed by atoms with E-state index >= 15 is 0 Å². The molecule has 0 fully saturated rings. The lowest BCUT2D eigenvalue weighted by Crippen LogP contribution is -1.79. The maximum absolute atomic E-state index is 2.20. The lowest BCUT2D eigenvalue weighted by atomic mass is 10.1. The van der Waals surface area contributed by atoms with E-state index in [4.69, 9.17) is 0 Å². The van der Waals surface area contributed by atoms with Gasteiger partial charge in [-0.3, -0.25) is 0 Å². The van der Waals surface area contributed by atoms with Gasteiger partial charge in [0.05, 0.1) is 0 Å². The topological polar surface area (TPSA) is 0 Å². The first-order chi connectivity index (χ1) is 12.2. The van der Waals surface area contributed by atoms with Gasteiger partial charge in [0.25, 0.3) is 0 Å². The van der Waals surface area contributed by atoms with Crippen LogP contribution in [-0.2, 0) is 0 Å². The van der Waals surface area contributed by atoms with Gasteiger partial charge in [-0.05, 0) is 77.6 Å². The molecule has 0 unspecified atom stereocenters. The summed E-state index contributed by atoms with van der Waals surface area (Å²) in [6, 6.07) is 21.5. The van der Waals surface area contributed by atoms with Crippen LogP contribution in [0.2, 0.25) is 0 Å². The van der Waals surface area contributed by atoms with E-state index in [1.54, 1.807) is 0 Å². The van der Waals surface area contributed by atoms with Crippen LogP contribution in [0.15, 0.2) is 60.7 Å². The van der Waals surface area contributed by atoms with E-state index in [1.165, 1.54) is 44.5 Å². The minimum Gasteiger partial charge on any atom is -0.0591 e. The van der Waals surface area contributed by atoms with Crippen LogP contribution in [-0.4, -0.2) is 0 Å². The maximum Gasteiger partial charge on any atom is -0.0395 e. The summed E-state index contributed by atoms with van der Waals surface area (Å²) in [7, 11) is 0. The van der Waals surface area contributed by atoms with Crippen molar-refractivity contribution >= 4 is 0 Å². The minimum atomic E-state index is 1.33. The Morgan fingerprint density at radius 3 is 0.808 bits per heavy atom. The van der Waals surface area contributed by atoms with Gasteiger partial charge in [-0.15, -0.1) is 0 Å². The Morgan fingerprint density at radius 2 is 0.577 bits per heavy atom. The Kier molecular flexibility index (Phi) is 8.85. The molecule has 0 bridgehead atoms. The highest BCUT2D eigenvalue weighted by atomic mass is 14.0. The van der Waals surface area contributed by atoms with Crippen molar-refractivity contribution in [1.29, 1.82) is 0 Å². The van der Waals surface area contributed by atoms with Crippen molar-refractivity contribution in [3.63, 3.8) is 0 Å². The fourth-order valence-electron chi connectivity index (χ4n) is 2.42. The summed E-state index contributed by atoms with van der Waals surface area (Å²) in [5.41, 5.74) is 10.9. The van der Waals surface area contributed by atoms with Crippen LogP contribution in [0.4, 0.5) is 0 Å². The Bertz CT molecular complexity index is 737. The molecular formula is C26H34. The first kappa shape index (κ1) is 21.7. The molecule has 0 aromatic heterocycles. The van der Waals surface area contributed by atoms with Gasteiger partial charge in [0.15, 0.2) is 0 Å². The van der Waals surface area contributed by atoms with Crippen LogP contribution in [0.3, 0.4) is 0 Å². The molecule has 0 aliphatic rings. The van der Waals surface area contributed by atoms with Crippen LogP contribution in [0.25, 0.3) is 0 Å². The van der Waals surface area contributed by atoms with Gasteiger partial charge < -0.3 is 0 Å². The molecule has 0 spiro atoms. The first-order valence-corrected chi connectivity index (χ1v) is 9.30. The van der Waals surface area contributed by atoms with E-state index in [2.05, 4.69) is 116 Å². The molecule has 0 N–H and O–H groups in total. The van der Waals surface area contributed by atoms with Crippen molar-refractivity contribution in [3.8, 4) is 0 Å². The Hall–Kier alpha value is -2.34. The summed E-state index contributed by atoms with van der Waals surface area (Å²) in [4.78, 5) is 0. The molecule has 0 nitrogen and oxygen atoms in total. The normalized spacial score (nSPS) is 9.54. The molecule has 0 radical (unpaired) electrons. The van der Waals surface area contributed by atoms with Crippen LogP contribution >= 0.6 is 0 Å². The molecule has 0 amide bonds. The van der Waals surface area contributed by atoms with Crippen molar-refractivity contribution in [1.82, 2.24) is 0 Å². The third-order valence-electron chi connectivity index (χ3n) is 4.54. The van der Waals surface area contributed by atoms with E-state index in [1.807, 2.05) is 0 Å². The SMILES string of the molecule is Cc1ccc(C)c(C)c1.Cc1ccc(C)c(C)c1.Cc1ccc(C)cc1. The second kappa shape index (κ2) is 10.6. The number of rotatable bonds is 0. The van der Waals surface area contributed by atoms with E-state index < -0.39 is 0 Å². The molecule has 0 atom stereocenters. The fourth-order valence-corrected chi connectivity index (χ4v) is 2.42. The summed E-state index contributed by atoms with van der Waals surface area (Å²) >= 11 is 0. The Labute approximate surface area is 160 Å². The van der Waals surface area contributed by atoms with Crippen LogP contribution in [0.5, 0.6) is 0 Å². The molecule has 0 saturated heterocycles. The maximum atomic E-state index is 2.20. The smallest absolute Gasteiger partial charge is 0.0395 e. The molecule has 0 heteroatoms. The average molecular weight is 347 g/mol. The van der Waals surface area contributed by atoms with Gasteiger partial charge in [0, 0.05) is 0 Å². The molecule has 0 aliphatic heterocycles. The number of hydrogen-bond donors (Lipinski definition) is 0. The second-order valence-electron chi connectivity index (χ2n) is 7.33. The summed E-state index contributed by atoms with van der Waals surface area (Å²) in [5.74, 6) is 0. The fraction of sp³-hybridized carbons (Fsp3) is 0.308. The predicted octanol–water partition coefficient (Wildman–Crippen LogP) is 7.53. The highest BCUT2D eigenvalue weighted by molar-refractivity contribution is 5.29. The van der Waals surface area contributed by atoms with Crippen molar-refractivity contribution in [2.45, 2.75) is 55.4 Å². The monoisotopic (exact) mass is 346 g/mol. The molecule has 0 saturated carbocycles. The highest BCUT2D eigenvalue weighted by Gasteiger charge is 1.89. The quantitative estimate of drug-likeness (QED) is 0.394. The minimum absolute atomic E-state index is 1.33. The predicted molar refractivity (Wildman–Crippen MR) is 117 cm³/mol. The molecule has 26 heavy (non-hydrogen) atoms. The zero-order chi connectivity index (χ0) is 19.7. The van der Waals surface area contributed by atoms with Crippen LogP contribution in [0.1, 0.15) is 44.5 Å². The largest absolute Gasteiger partial charge is 0.0591 e. The van der Waals surface area contributed by atoms with Gasteiger partial charge in [-0.2, -0.15) is 0 Å². The molecule has 0 aliphatic carbocycles. The Morgan fingerprint density at radius 1 is 0.308 bits per heavy atom. The first-order valence-electron chi connectivity index (χ1n) is 9.30. The Balaban J connectivity index is 0.000000195. The molecule has 3 rings (SSSR count). The van der Waals surface area contributed by atoms with Gasteiger partial charge in [0.1, 0.15) is 0 Å². The summed E-state index contributed by atoms with van der Waals surface area (Å²) in [6.45, 7) is 17.0. The molecule has 3 aromatic carbocycles. The molecular weight excluding hydrogens is 312 g/mol. The second-order valence-corrected chi connectivity index (χ2v) is 7.33. The standard InChI is InChI=1S/2C9H12.C8H10/c2*1-7-4-5-8(2)9(3)6-7;1-7-3-5-8(2)6-4-7/h2*4-6H,1-3H3;3-6H,1-2H3. The van der Waals surface area contributed by atoms with Crippen LogP contribution < -0.4 is 0 Å². The van der Waals surface area contributed by atoms with Crippen molar-refractivity contribution in [3.05, 3.63) is 105 Å². The molecule has 138 valence electrons. The lowest BCUT2D eigenvalue weighted by Gasteiger charge is -1.98. The van der Waals surface area contributed by atoms with Gasteiger partial charge in [-0.25, -0.2) is 0 Å². The third kappa shape index (κ3) is 8.16. The summed E-state index contributed by atoms with van der Waals surface area (Å²) in [6.07, 6.45) is 0. The van der Waals surface area contributed by atoms with Crippen molar-refractivity contribution in [2.75, 3.05) is 0 Å². The summed E-state index contributed by atoms with van der Waals surface area (Å²) in [5, 5.41) is 0. The number of hydrogen-bond acceptors (Lipinski definition) is 0. The van der Waals surface area contributed by atoms with Gasteiger partial charge in [-0.1, -0.05) is 82.9 Å². The number of aryl methyl sites for hydroxylation is 8. The van der Waals surface area contributed by atoms with Gasteiger partial charge >= 0.3 is 0 Å². The lowest BCUT2D eigenvalue weighted by molar-refractivity contribution is 1.30. The van der Waals surface area contributed by atoms with E-state index in [-0.39, 0.29) is 0 Å². The summed E-state index contributed by atoms with van der Waals surface area (Å²) < 4.78 is 0. The zero-order valence-electron chi connectivity index (χ0n) is 17.8. The van der Waals surface area contributed by atoms with E-state index in [0.717, 1.165) is 0 Å². The average Bonchev–Trinajstić information content (AvgIpc) is 2.59. The third-order valence-corrected chi connectivity index (χ3v) is 4.54. The molecule has 0 heterocycles. The van der Waals surface area contributed by atoms with Crippen molar-refractivity contribution in [2.24, 2.45) is 0 Å². The highest BCUT2D eigenvalue weighted by Crippen LogP contribution is 2.08. The van der Waals surface area contributed by atoms with Crippen molar-refractivity contribution < 1.29 is 0 Å². The van der Waals surface area contributed by atoms with E-state index in [0.29, 0.717) is 0 Å². The van der Waals surface area contributed by atoms with E-state index in [9.17, 15) is 0 Å². The number of benzene rings is 3. The molecule has 3 aromatic rings. The zero-order valence-corrected chi connectivity index (χ0v) is 17.8. The van der Waals surface area contributed by atoms with Gasteiger partial charge in [0.2, 0.25) is 0 Å².